The zero-order valence-electron chi connectivity index (χ0n) is 15.0. The summed E-state index contributed by atoms with van der Waals surface area (Å²) in [6.45, 7) is 5.88. The van der Waals surface area contributed by atoms with Crippen molar-refractivity contribution in [3.05, 3.63) is 50.5 Å². The molecule has 140 valence electrons. The second kappa shape index (κ2) is 8.84. The second-order valence-corrected chi connectivity index (χ2v) is 7.72. The van der Waals surface area contributed by atoms with Crippen LogP contribution in [0.2, 0.25) is 10.0 Å². The molecule has 0 aliphatic rings. The molecule has 8 heteroatoms. The number of ether oxygens (including phenoxy) is 1. The van der Waals surface area contributed by atoms with E-state index in [4.69, 9.17) is 27.9 Å². The van der Waals surface area contributed by atoms with Crippen LogP contribution >= 0.6 is 35.0 Å². The Hall–Kier alpha value is -1.63. The van der Waals surface area contributed by atoms with Crippen LogP contribution < -0.4 is 5.69 Å². The molecule has 0 fully saturated rings. The Labute approximate surface area is 166 Å². The fraction of sp³-hybridized carbons (Fsp3) is 0.333. The minimum absolute atomic E-state index is 0.0596. The van der Waals surface area contributed by atoms with Crippen molar-refractivity contribution in [2.45, 2.75) is 36.7 Å². The Balaban J connectivity index is 2.55. The number of carbonyl (C=O) groups excluding carboxylic acids is 1. The number of hydrogen-bond donors (Lipinski definition) is 0. The Morgan fingerprint density at radius 1 is 1.27 bits per heavy atom. The maximum atomic E-state index is 12.7. The molecular formula is C18H20Cl2N2O3S. The molecule has 2 aromatic rings. The molecular weight excluding hydrogens is 395 g/mol. The Morgan fingerprint density at radius 3 is 2.42 bits per heavy atom. The van der Waals surface area contributed by atoms with Crippen molar-refractivity contribution in [2.24, 2.45) is 7.05 Å². The first-order valence-electron chi connectivity index (χ1n) is 8.04. The monoisotopic (exact) mass is 414 g/mol. The lowest BCUT2D eigenvalue weighted by Crippen LogP contribution is -2.24. The Bertz CT molecular complexity index is 880. The van der Waals surface area contributed by atoms with Gasteiger partial charge in [0.15, 0.2) is 0 Å². The SMILES string of the molecule is CCOC(=O)C=Cc1c(Sc2cc(Cl)cc(Cl)c2)n(C(C)C)c(=O)n1C. The van der Waals surface area contributed by atoms with Gasteiger partial charge in [-0.25, -0.2) is 9.59 Å². The summed E-state index contributed by atoms with van der Waals surface area (Å²) >= 11 is 13.5. The van der Waals surface area contributed by atoms with Crippen molar-refractivity contribution in [3.8, 4) is 0 Å². The Morgan fingerprint density at radius 2 is 1.88 bits per heavy atom. The summed E-state index contributed by atoms with van der Waals surface area (Å²) in [4.78, 5) is 25.1. The maximum absolute atomic E-state index is 12.7. The van der Waals surface area contributed by atoms with Gasteiger partial charge < -0.3 is 4.74 Å². The highest BCUT2D eigenvalue weighted by atomic mass is 35.5. The highest BCUT2D eigenvalue weighted by Crippen LogP contribution is 2.35. The summed E-state index contributed by atoms with van der Waals surface area (Å²) < 4.78 is 8.09. The number of imidazole rings is 1. The van der Waals surface area contributed by atoms with Gasteiger partial charge in [0.25, 0.3) is 0 Å². The molecule has 0 atom stereocenters. The van der Waals surface area contributed by atoms with Crippen molar-refractivity contribution >= 4 is 47.0 Å². The maximum Gasteiger partial charge on any atom is 0.330 e. The van der Waals surface area contributed by atoms with Crippen molar-refractivity contribution in [1.29, 1.82) is 0 Å². The van der Waals surface area contributed by atoms with Gasteiger partial charge in [0.05, 0.1) is 12.3 Å². The van der Waals surface area contributed by atoms with E-state index in [0.717, 1.165) is 4.90 Å². The molecule has 0 saturated carbocycles. The van der Waals surface area contributed by atoms with Crippen molar-refractivity contribution in [2.75, 3.05) is 6.61 Å². The molecule has 1 heterocycles. The molecule has 0 N–H and O–H groups in total. The third-order valence-electron chi connectivity index (χ3n) is 3.52. The van der Waals surface area contributed by atoms with Gasteiger partial charge in [-0.2, -0.15) is 0 Å². The van der Waals surface area contributed by atoms with Crippen LogP contribution in [0.3, 0.4) is 0 Å². The van der Waals surface area contributed by atoms with Crippen LogP contribution in [0.15, 0.2) is 39.0 Å². The largest absolute Gasteiger partial charge is 0.463 e. The van der Waals surface area contributed by atoms with E-state index in [2.05, 4.69) is 0 Å². The zero-order chi connectivity index (χ0) is 19.4. The van der Waals surface area contributed by atoms with E-state index in [1.165, 1.54) is 22.4 Å². The number of rotatable bonds is 6. The van der Waals surface area contributed by atoms with E-state index >= 15 is 0 Å². The van der Waals surface area contributed by atoms with E-state index in [1.54, 1.807) is 42.8 Å². The molecule has 1 aromatic heterocycles. The molecule has 2 rings (SSSR count). The number of hydrogen-bond acceptors (Lipinski definition) is 4. The normalized spacial score (nSPS) is 11.5. The zero-order valence-corrected chi connectivity index (χ0v) is 17.3. The fourth-order valence-electron chi connectivity index (χ4n) is 2.39. The van der Waals surface area contributed by atoms with Crippen LogP contribution in [0.1, 0.15) is 32.5 Å². The van der Waals surface area contributed by atoms with Gasteiger partial charge in [-0.15, -0.1) is 0 Å². The van der Waals surface area contributed by atoms with E-state index < -0.39 is 5.97 Å². The van der Waals surface area contributed by atoms with E-state index in [1.807, 2.05) is 13.8 Å². The molecule has 5 nitrogen and oxygen atoms in total. The van der Waals surface area contributed by atoms with Crippen LogP contribution in [0.5, 0.6) is 0 Å². The lowest BCUT2D eigenvalue weighted by Gasteiger charge is -2.11. The van der Waals surface area contributed by atoms with Crippen LogP contribution in [0.4, 0.5) is 0 Å². The van der Waals surface area contributed by atoms with Gasteiger partial charge in [-0.3, -0.25) is 9.13 Å². The molecule has 0 saturated heterocycles. The average molecular weight is 415 g/mol. The number of benzene rings is 1. The first kappa shape index (κ1) is 20.7. The number of esters is 1. The van der Waals surface area contributed by atoms with Crippen LogP contribution in [-0.4, -0.2) is 21.7 Å². The summed E-state index contributed by atoms with van der Waals surface area (Å²) in [5, 5.41) is 1.72. The molecule has 26 heavy (non-hydrogen) atoms. The predicted octanol–water partition coefficient (Wildman–Crippen LogP) is 4.80. The third-order valence-corrected chi connectivity index (χ3v) is 5.03. The topological polar surface area (TPSA) is 53.2 Å². The first-order valence-corrected chi connectivity index (χ1v) is 9.61. The molecule has 0 amide bonds. The molecule has 1 aromatic carbocycles. The number of halogens is 2. The van der Waals surface area contributed by atoms with Gasteiger partial charge in [0.1, 0.15) is 5.03 Å². The van der Waals surface area contributed by atoms with Crippen LogP contribution in [0, 0.1) is 0 Å². The first-order chi connectivity index (χ1) is 12.2. The standard InChI is InChI=1S/C18H20Cl2N2O3S/c1-5-25-16(23)7-6-15-17(22(11(2)3)18(24)21(15)4)26-14-9-12(19)8-13(20)10-14/h6-11H,5H2,1-4H3. The third kappa shape index (κ3) is 4.75. The molecule has 0 radical (unpaired) electrons. The highest BCUT2D eigenvalue weighted by molar-refractivity contribution is 7.99. The second-order valence-electron chi connectivity index (χ2n) is 5.79. The lowest BCUT2D eigenvalue weighted by molar-refractivity contribution is -0.137. The highest BCUT2D eigenvalue weighted by Gasteiger charge is 2.20. The molecule has 0 aliphatic carbocycles. The molecule has 0 aliphatic heterocycles. The molecule has 0 unspecified atom stereocenters. The lowest BCUT2D eigenvalue weighted by atomic mass is 10.3. The van der Waals surface area contributed by atoms with Crippen molar-refractivity contribution < 1.29 is 9.53 Å². The van der Waals surface area contributed by atoms with Crippen LogP contribution in [-0.2, 0) is 16.6 Å². The average Bonchev–Trinajstić information content (AvgIpc) is 2.75. The fourth-order valence-corrected chi connectivity index (χ4v) is 4.34. The van der Waals surface area contributed by atoms with Crippen molar-refractivity contribution in [1.82, 2.24) is 9.13 Å². The smallest absolute Gasteiger partial charge is 0.330 e. The van der Waals surface area contributed by atoms with Crippen LogP contribution in [0.25, 0.3) is 6.08 Å². The summed E-state index contributed by atoms with van der Waals surface area (Å²) in [5.41, 5.74) is 0.442. The van der Waals surface area contributed by atoms with Gasteiger partial charge >= 0.3 is 11.7 Å². The van der Waals surface area contributed by atoms with E-state index in [9.17, 15) is 9.59 Å². The minimum atomic E-state index is -0.459. The van der Waals surface area contributed by atoms with Gasteiger partial charge in [-0.1, -0.05) is 35.0 Å². The number of nitrogens with zero attached hydrogens (tertiary/aromatic N) is 2. The summed E-state index contributed by atoms with van der Waals surface area (Å²) in [7, 11) is 1.67. The van der Waals surface area contributed by atoms with Crippen molar-refractivity contribution in [3.63, 3.8) is 0 Å². The quantitative estimate of drug-likeness (QED) is 0.502. The van der Waals surface area contributed by atoms with Gasteiger partial charge in [0.2, 0.25) is 0 Å². The minimum Gasteiger partial charge on any atom is -0.463 e. The predicted molar refractivity (Wildman–Crippen MR) is 106 cm³/mol. The number of aromatic nitrogens is 2. The number of carbonyl (C=O) groups is 1. The van der Waals surface area contributed by atoms with Gasteiger partial charge in [0, 0.05) is 34.1 Å². The summed E-state index contributed by atoms with van der Waals surface area (Å²) in [6.07, 6.45) is 2.91. The summed E-state index contributed by atoms with van der Waals surface area (Å²) in [6, 6.07) is 5.14. The molecule has 0 bridgehead atoms. The van der Waals surface area contributed by atoms with E-state index in [0.29, 0.717) is 20.8 Å². The van der Waals surface area contributed by atoms with E-state index in [-0.39, 0.29) is 18.3 Å². The molecule has 0 spiro atoms. The van der Waals surface area contributed by atoms with Gasteiger partial charge in [-0.05, 0) is 45.0 Å². The summed E-state index contributed by atoms with van der Waals surface area (Å²) in [5.74, 6) is -0.459. The Kier molecular flexibility index (Phi) is 7.03.